The molecule has 286 valence electrons. The van der Waals surface area contributed by atoms with E-state index in [2.05, 4.69) is 206 Å². The molecular formula is C60H34S2. The van der Waals surface area contributed by atoms with Crippen molar-refractivity contribution in [3.8, 4) is 66.8 Å². The van der Waals surface area contributed by atoms with Crippen LogP contribution in [0.3, 0.4) is 0 Å². The average molecular weight is 819 g/mol. The second kappa shape index (κ2) is 13.1. The minimum Gasteiger partial charge on any atom is -0.135 e. The monoisotopic (exact) mass is 818 g/mol. The van der Waals surface area contributed by atoms with Crippen LogP contribution in [0.1, 0.15) is 0 Å². The van der Waals surface area contributed by atoms with Crippen LogP contribution in [0.15, 0.2) is 206 Å². The molecule has 0 spiro atoms. The molecule has 0 aliphatic heterocycles. The van der Waals surface area contributed by atoms with Crippen LogP contribution in [0.25, 0.3) is 139 Å². The highest BCUT2D eigenvalue weighted by molar-refractivity contribution is 7.26. The molecule has 62 heavy (non-hydrogen) atoms. The molecule has 0 saturated heterocycles. The van der Waals surface area contributed by atoms with Crippen LogP contribution in [0.5, 0.6) is 0 Å². The van der Waals surface area contributed by atoms with Gasteiger partial charge in [0.15, 0.2) is 0 Å². The minimum atomic E-state index is 1.22. The molecule has 1 aliphatic rings. The van der Waals surface area contributed by atoms with Crippen LogP contribution in [0, 0.1) is 0 Å². The zero-order chi connectivity index (χ0) is 40.5. The molecule has 2 aromatic heterocycles. The Morgan fingerprint density at radius 2 is 0.597 bits per heavy atom. The van der Waals surface area contributed by atoms with Crippen molar-refractivity contribution >= 4 is 95.3 Å². The third kappa shape index (κ3) is 4.94. The summed E-state index contributed by atoms with van der Waals surface area (Å²) in [6, 6.07) is 78.0. The van der Waals surface area contributed by atoms with Crippen molar-refractivity contribution in [2.24, 2.45) is 0 Å². The molecule has 2 heterocycles. The van der Waals surface area contributed by atoms with Gasteiger partial charge in [0.25, 0.3) is 0 Å². The Bertz CT molecular complexity index is 4050. The van der Waals surface area contributed by atoms with Crippen molar-refractivity contribution in [1.82, 2.24) is 0 Å². The Hall–Kier alpha value is -7.36. The normalized spacial score (nSPS) is 12.2. The van der Waals surface area contributed by atoms with Gasteiger partial charge in [-0.25, -0.2) is 0 Å². The molecule has 0 atom stereocenters. The van der Waals surface area contributed by atoms with Crippen LogP contribution in [-0.4, -0.2) is 0 Å². The summed E-state index contributed by atoms with van der Waals surface area (Å²) in [6.07, 6.45) is 0. The van der Waals surface area contributed by atoms with E-state index in [4.69, 9.17) is 0 Å². The summed E-state index contributed by atoms with van der Waals surface area (Å²) >= 11 is 3.75. The zero-order valence-corrected chi connectivity index (χ0v) is 35.1. The Labute approximate surface area is 366 Å². The van der Waals surface area contributed by atoms with Crippen molar-refractivity contribution < 1.29 is 0 Å². The van der Waals surface area contributed by atoms with E-state index in [0.29, 0.717) is 0 Å². The third-order valence-electron chi connectivity index (χ3n) is 13.4. The van der Waals surface area contributed by atoms with Crippen molar-refractivity contribution in [3.05, 3.63) is 206 Å². The first-order valence-electron chi connectivity index (χ1n) is 21.3. The van der Waals surface area contributed by atoms with E-state index in [0.717, 1.165) is 0 Å². The first-order chi connectivity index (χ1) is 30.7. The second-order valence-electron chi connectivity index (χ2n) is 16.7. The van der Waals surface area contributed by atoms with Gasteiger partial charge in [-0.05, 0) is 154 Å². The summed E-state index contributed by atoms with van der Waals surface area (Å²) in [6.45, 7) is 0. The summed E-state index contributed by atoms with van der Waals surface area (Å²) in [5, 5.41) is 13.0. The summed E-state index contributed by atoms with van der Waals surface area (Å²) in [7, 11) is 0. The fourth-order valence-electron chi connectivity index (χ4n) is 10.6. The maximum atomic E-state index is 2.51. The Morgan fingerprint density at radius 1 is 0.194 bits per heavy atom. The first kappa shape index (κ1) is 34.4. The van der Waals surface area contributed by atoms with E-state index in [1.807, 2.05) is 22.7 Å². The van der Waals surface area contributed by atoms with Gasteiger partial charge in [-0.15, -0.1) is 22.7 Å². The largest absolute Gasteiger partial charge is 0.135 e. The summed E-state index contributed by atoms with van der Waals surface area (Å²) < 4.78 is 5.29. The predicted molar refractivity (Wildman–Crippen MR) is 271 cm³/mol. The predicted octanol–water partition coefficient (Wildman–Crippen LogP) is 18.2. The van der Waals surface area contributed by atoms with Crippen molar-refractivity contribution in [1.29, 1.82) is 0 Å². The molecule has 0 N–H and O–H groups in total. The SMILES string of the molecule is c1ccc2c(c1)-c1cc3c4ccccc4c4ccccc4c3cc1-c1ccc(-c3ccc4sc5ccccc5c4c3)cc1-c1c(-c3ccc4sc5ccccc5c4c3)cccc1-2. The molecule has 0 unspecified atom stereocenters. The number of hydrogen-bond acceptors (Lipinski definition) is 2. The van der Waals surface area contributed by atoms with Crippen molar-refractivity contribution in [2.75, 3.05) is 0 Å². The van der Waals surface area contributed by atoms with E-state index < -0.39 is 0 Å². The van der Waals surface area contributed by atoms with Gasteiger partial charge in [0.1, 0.15) is 0 Å². The fraction of sp³-hybridized carbons (Fsp3) is 0. The maximum absolute atomic E-state index is 2.51. The van der Waals surface area contributed by atoms with Crippen molar-refractivity contribution in [2.45, 2.75) is 0 Å². The van der Waals surface area contributed by atoms with E-state index in [1.165, 1.54) is 139 Å². The van der Waals surface area contributed by atoms with Crippen LogP contribution in [-0.2, 0) is 0 Å². The van der Waals surface area contributed by atoms with Crippen LogP contribution < -0.4 is 0 Å². The van der Waals surface area contributed by atoms with Gasteiger partial charge in [0, 0.05) is 40.3 Å². The van der Waals surface area contributed by atoms with Gasteiger partial charge < -0.3 is 0 Å². The Balaban J connectivity index is 1.11. The van der Waals surface area contributed by atoms with Crippen molar-refractivity contribution in [3.63, 3.8) is 0 Å². The molecule has 0 saturated carbocycles. The lowest BCUT2D eigenvalue weighted by Gasteiger charge is -2.26. The fourth-order valence-corrected chi connectivity index (χ4v) is 12.8. The molecule has 11 aromatic carbocycles. The lowest BCUT2D eigenvalue weighted by atomic mass is 9.76. The summed E-state index contributed by atoms with van der Waals surface area (Å²) in [5.74, 6) is 0. The van der Waals surface area contributed by atoms with Crippen LogP contribution >= 0.6 is 22.7 Å². The number of fused-ring (bicyclic) bond motifs is 20. The first-order valence-corrected chi connectivity index (χ1v) is 22.9. The summed E-state index contributed by atoms with van der Waals surface area (Å²) in [5.41, 5.74) is 15.0. The van der Waals surface area contributed by atoms with E-state index >= 15 is 0 Å². The summed E-state index contributed by atoms with van der Waals surface area (Å²) in [4.78, 5) is 0. The second-order valence-corrected chi connectivity index (χ2v) is 18.9. The topological polar surface area (TPSA) is 0 Å². The molecule has 0 bridgehead atoms. The highest BCUT2D eigenvalue weighted by Gasteiger charge is 2.26. The van der Waals surface area contributed by atoms with Crippen LogP contribution in [0.2, 0.25) is 0 Å². The van der Waals surface area contributed by atoms with E-state index in [-0.39, 0.29) is 0 Å². The lowest BCUT2D eigenvalue weighted by Crippen LogP contribution is -2.00. The molecule has 13 aromatic rings. The van der Waals surface area contributed by atoms with E-state index in [1.54, 1.807) is 0 Å². The zero-order valence-electron chi connectivity index (χ0n) is 33.4. The molecule has 2 heteroatoms. The maximum Gasteiger partial charge on any atom is 0.0355 e. The minimum absolute atomic E-state index is 1.22. The molecule has 0 radical (unpaired) electrons. The quantitative estimate of drug-likeness (QED) is 0.152. The van der Waals surface area contributed by atoms with Crippen LogP contribution in [0.4, 0.5) is 0 Å². The molecule has 0 fully saturated rings. The smallest absolute Gasteiger partial charge is 0.0355 e. The average Bonchev–Trinajstić information content (AvgIpc) is 3.91. The number of thiophene rings is 2. The van der Waals surface area contributed by atoms with E-state index in [9.17, 15) is 0 Å². The third-order valence-corrected chi connectivity index (χ3v) is 15.7. The van der Waals surface area contributed by atoms with Gasteiger partial charge in [-0.1, -0.05) is 152 Å². The molecule has 0 nitrogen and oxygen atoms in total. The highest BCUT2D eigenvalue weighted by atomic mass is 32.1. The van der Waals surface area contributed by atoms with Gasteiger partial charge in [0.2, 0.25) is 0 Å². The number of hydrogen-bond donors (Lipinski definition) is 0. The molecule has 0 amide bonds. The molecule has 1 aliphatic carbocycles. The number of benzene rings is 11. The molecular weight excluding hydrogens is 785 g/mol. The Morgan fingerprint density at radius 3 is 1.21 bits per heavy atom. The lowest BCUT2D eigenvalue weighted by molar-refractivity contribution is 1.52. The number of rotatable bonds is 2. The van der Waals surface area contributed by atoms with Gasteiger partial charge >= 0.3 is 0 Å². The van der Waals surface area contributed by atoms with Gasteiger partial charge in [0.05, 0.1) is 0 Å². The van der Waals surface area contributed by atoms with Gasteiger partial charge in [-0.3, -0.25) is 0 Å². The molecule has 14 rings (SSSR count). The Kier molecular flexibility index (Phi) is 7.24. The standard InChI is InChI=1S/C60H34S2/c1-4-15-42-39(12-1)40-13-2-5-16-43(40)50-34-52-45-27-24-35(36-25-28-58-53(30-36)46-18-7-9-22-56(46)61-58)31-55(45)60-38(37-26-29-59-54(32-37)47-19-8-10-23-57(47)62-59)20-11-21-48(60)41-14-3-6-17-44(41)51(52)33-49(42)50/h1-34H. The highest BCUT2D eigenvalue weighted by Crippen LogP contribution is 2.53. The van der Waals surface area contributed by atoms with Gasteiger partial charge in [-0.2, -0.15) is 0 Å².